The summed E-state index contributed by atoms with van der Waals surface area (Å²) in [6.45, 7) is 0. The highest BCUT2D eigenvalue weighted by Crippen LogP contribution is 2.33. The summed E-state index contributed by atoms with van der Waals surface area (Å²) < 4.78 is 62.6. The predicted molar refractivity (Wildman–Crippen MR) is 59.0 cm³/mol. The molecule has 0 N–H and O–H groups in total. The zero-order chi connectivity index (χ0) is 15.4. The largest absolute Gasteiger partial charge is 0.389 e. The average Bonchev–Trinajstić information content (AvgIpc) is 2.32. The van der Waals surface area contributed by atoms with Crippen molar-refractivity contribution in [2.45, 2.75) is 25.4 Å². The summed E-state index contributed by atoms with van der Waals surface area (Å²) >= 11 is 0. The molecule has 0 heterocycles. The molecular formula is C13H9F5N2. The van der Waals surface area contributed by atoms with E-state index in [1.807, 2.05) is 0 Å². The first kappa shape index (κ1) is 15.9. The molecule has 0 aliphatic heterocycles. The third-order valence-electron chi connectivity index (χ3n) is 2.69. The van der Waals surface area contributed by atoms with Crippen molar-refractivity contribution < 1.29 is 22.0 Å². The predicted octanol–water partition coefficient (Wildman–Crippen LogP) is 3.88. The molecule has 0 fully saturated rings. The summed E-state index contributed by atoms with van der Waals surface area (Å²) in [6, 6.07) is 5.41. The van der Waals surface area contributed by atoms with Gasteiger partial charge >= 0.3 is 6.18 Å². The van der Waals surface area contributed by atoms with Crippen molar-refractivity contribution in [1.29, 1.82) is 10.5 Å². The van der Waals surface area contributed by atoms with Crippen LogP contribution in [-0.2, 0) is 6.42 Å². The van der Waals surface area contributed by atoms with E-state index < -0.39 is 42.5 Å². The van der Waals surface area contributed by atoms with Gasteiger partial charge in [0, 0.05) is 18.9 Å². The molecule has 0 unspecified atom stereocenters. The van der Waals surface area contributed by atoms with E-state index in [4.69, 9.17) is 10.5 Å². The molecule has 0 spiro atoms. The van der Waals surface area contributed by atoms with Crippen molar-refractivity contribution in [1.82, 2.24) is 0 Å². The Morgan fingerprint density at radius 2 is 1.40 bits per heavy atom. The Labute approximate surface area is 112 Å². The van der Waals surface area contributed by atoms with Crippen LogP contribution in [0.5, 0.6) is 0 Å². The van der Waals surface area contributed by atoms with Crippen LogP contribution in [-0.4, -0.2) is 6.18 Å². The van der Waals surface area contributed by atoms with Gasteiger partial charge in [-0.25, -0.2) is 8.78 Å². The number of hydrogen-bond acceptors (Lipinski definition) is 2. The number of rotatable bonds is 4. The van der Waals surface area contributed by atoms with Crippen molar-refractivity contribution in [2.24, 2.45) is 5.41 Å². The highest BCUT2D eigenvalue weighted by atomic mass is 19.4. The quantitative estimate of drug-likeness (QED) is 0.789. The molecule has 0 radical (unpaired) electrons. The zero-order valence-corrected chi connectivity index (χ0v) is 10.1. The van der Waals surface area contributed by atoms with Crippen LogP contribution in [0.2, 0.25) is 0 Å². The van der Waals surface area contributed by atoms with Crippen LogP contribution in [0.1, 0.15) is 18.4 Å². The normalized spacial score (nSPS) is 11.8. The van der Waals surface area contributed by atoms with E-state index in [0.717, 1.165) is 12.1 Å². The molecule has 1 rings (SSSR count). The maximum atomic E-state index is 13.0. The molecule has 0 bridgehead atoms. The molecule has 0 atom stereocenters. The van der Waals surface area contributed by atoms with Gasteiger partial charge in [-0.1, -0.05) is 0 Å². The lowest BCUT2D eigenvalue weighted by atomic mass is 9.80. The Morgan fingerprint density at radius 3 is 1.80 bits per heavy atom. The van der Waals surface area contributed by atoms with E-state index in [9.17, 15) is 22.0 Å². The second kappa shape index (κ2) is 5.87. The van der Waals surface area contributed by atoms with Crippen LogP contribution in [0.4, 0.5) is 22.0 Å². The minimum Gasteiger partial charge on any atom is -0.207 e. The van der Waals surface area contributed by atoms with Crippen LogP contribution >= 0.6 is 0 Å². The zero-order valence-electron chi connectivity index (χ0n) is 10.1. The lowest BCUT2D eigenvalue weighted by Crippen LogP contribution is -2.23. The maximum Gasteiger partial charge on any atom is 0.389 e. The second-order valence-corrected chi connectivity index (χ2v) is 4.38. The topological polar surface area (TPSA) is 47.6 Å². The summed E-state index contributed by atoms with van der Waals surface area (Å²) in [7, 11) is 0. The Balaban J connectivity index is 2.98. The fraction of sp³-hybridized carbons (Fsp3) is 0.385. The van der Waals surface area contributed by atoms with Crippen LogP contribution in [0.25, 0.3) is 0 Å². The van der Waals surface area contributed by atoms with Crippen molar-refractivity contribution in [3.8, 4) is 12.1 Å². The molecule has 7 heteroatoms. The number of benzene rings is 1. The third-order valence-corrected chi connectivity index (χ3v) is 2.69. The van der Waals surface area contributed by atoms with Gasteiger partial charge in [0.25, 0.3) is 0 Å². The molecule has 0 amide bonds. The monoisotopic (exact) mass is 288 g/mol. The average molecular weight is 288 g/mol. The minimum absolute atomic E-state index is 0.0345. The summed E-state index contributed by atoms with van der Waals surface area (Å²) in [5.74, 6) is -1.83. The number of halogens is 5. The lowest BCUT2D eigenvalue weighted by molar-refractivity contribution is -0.138. The van der Waals surface area contributed by atoms with Gasteiger partial charge in [0.2, 0.25) is 0 Å². The fourth-order valence-electron chi connectivity index (χ4n) is 1.72. The van der Waals surface area contributed by atoms with Crippen LogP contribution < -0.4 is 0 Å². The van der Waals surface area contributed by atoms with E-state index >= 15 is 0 Å². The Bertz CT molecular complexity index is 531. The van der Waals surface area contributed by atoms with E-state index in [2.05, 4.69) is 0 Å². The van der Waals surface area contributed by atoms with Gasteiger partial charge in [-0.15, -0.1) is 0 Å². The number of nitrogens with zero attached hydrogens (tertiary/aromatic N) is 2. The van der Waals surface area contributed by atoms with Crippen LogP contribution in [0, 0.1) is 39.7 Å². The molecule has 0 saturated carbocycles. The smallest absolute Gasteiger partial charge is 0.207 e. The standard InChI is InChI=1S/C13H9F5N2/c14-10-3-9(4-11(15)5-10)6-12(7-19,8-20)1-2-13(16,17)18/h3-5H,1-2,6H2. The van der Waals surface area contributed by atoms with Gasteiger partial charge < -0.3 is 0 Å². The summed E-state index contributed by atoms with van der Waals surface area (Å²) in [4.78, 5) is 0. The van der Waals surface area contributed by atoms with Gasteiger partial charge in [0.05, 0.1) is 12.1 Å². The molecule has 1 aromatic rings. The summed E-state index contributed by atoms with van der Waals surface area (Å²) in [5.41, 5.74) is -2.00. The second-order valence-electron chi connectivity index (χ2n) is 4.38. The first-order chi connectivity index (χ1) is 9.19. The summed E-state index contributed by atoms with van der Waals surface area (Å²) in [5, 5.41) is 17.9. The maximum absolute atomic E-state index is 13.0. The van der Waals surface area contributed by atoms with E-state index in [-0.39, 0.29) is 5.56 Å². The molecule has 0 aromatic heterocycles. The van der Waals surface area contributed by atoms with Gasteiger partial charge in [-0.3, -0.25) is 0 Å². The van der Waals surface area contributed by atoms with E-state index in [1.54, 1.807) is 0 Å². The van der Waals surface area contributed by atoms with Crippen LogP contribution in [0.15, 0.2) is 18.2 Å². The number of nitriles is 2. The number of alkyl halides is 3. The molecule has 0 saturated heterocycles. The Hall–Kier alpha value is -2.15. The van der Waals surface area contributed by atoms with Gasteiger partial charge in [-0.2, -0.15) is 23.7 Å². The van der Waals surface area contributed by atoms with E-state index in [1.165, 1.54) is 12.1 Å². The van der Waals surface area contributed by atoms with Crippen molar-refractivity contribution in [2.75, 3.05) is 0 Å². The van der Waals surface area contributed by atoms with Crippen molar-refractivity contribution >= 4 is 0 Å². The summed E-state index contributed by atoms with van der Waals surface area (Å²) in [6.07, 6.45) is -7.04. The Kier molecular flexibility index (Phi) is 4.67. The third kappa shape index (κ3) is 4.51. The molecular weight excluding hydrogens is 279 g/mol. The molecule has 20 heavy (non-hydrogen) atoms. The molecule has 1 aromatic carbocycles. The van der Waals surface area contributed by atoms with Gasteiger partial charge in [0.1, 0.15) is 17.0 Å². The van der Waals surface area contributed by atoms with Crippen molar-refractivity contribution in [3.63, 3.8) is 0 Å². The molecule has 0 aliphatic rings. The van der Waals surface area contributed by atoms with Gasteiger partial charge in [-0.05, 0) is 24.1 Å². The SMILES string of the molecule is N#CC(C#N)(CCC(F)(F)F)Cc1cc(F)cc(F)c1. The first-order valence-corrected chi connectivity index (χ1v) is 5.54. The first-order valence-electron chi connectivity index (χ1n) is 5.54. The van der Waals surface area contributed by atoms with E-state index in [0.29, 0.717) is 6.07 Å². The Morgan fingerprint density at radius 1 is 0.900 bits per heavy atom. The minimum atomic E-state index is -4.51. The molecule has 2 nitrogen and oxygen atoms in total. The van der Waals surface area contributed by atoms with Crippen molar-refractivity contribution in [3.05, 3.63) is 35.4 Å². The van der Waals surface area contributed by atoms with Gasteiger partial charge in [0.15, 0.2) is 0 Å². The molecule has 0 aliphatic carbocycles. The molecule has 106 valence electrons. The fourth-order valence-corrected chi connectivity index (χ4v) is 1.72. The lowest BCUT2D eigenvalue weighted by Gasteiger charge is -2.19. The highest BCUT2D eigenvalue weighted by molar-refractivity contribution is 5.25. The highest BCUT2D eigenvalue weighted by Gasteiger charge is 2.37. The number of hydrogen-bond donors (Lipinski definition) is 0. The van der Waals surface area contributed by atoms with Crippen LogP contribution in [0.3, 0.4) is 0 Å².